The summed E-state index contributed by atoms with van der Waals surface area (Å²) in [6, 6.07) is 11.7. The number of carbonyl (C=O) groups excluding carboxylic acids is 1. The maximum absolute atomic E-state index is 10.9. The average molecular weight is 211 g/mol. The Balaban J connectivity index is 2.46. The van der Waals surface area contributed by atoms with Crippen molar-refractivity contribution in [3.63, 3.8) is 0 Å². The standard InChI is InChI=1S/C14H13NO/c1-2-11-5-7-12(8-6-11)14-13(10-16)4-3-9-15-14/h3-10H,2H2,1H3. The molecule has 0 amide bonds. The van der Waals surface area contributed by atoms with Gasteiger partial charge in [0.2, 0.25) is 0 Å². The molecule has 0 aliphatic carbocycles. The van der Waals surface area contributed by atoms with Gasteiger partial charge in [-0.25, -0.2) is 0 Å². The summed E-state index contributed by atoms with van der Waals surface area (Å²) < 4.78 is 0. The largest absolute Gasteiger partial charge is 0.298 e. The van der Waals surface area contributed by atoms with Crippen LogP contribution in [0.4, 0.5) is 0 Å². The van der Waals surface area contributed by atoms with E-state index in [1.807, 2.05) is 12.1 Å². The summed E-state index contributed by atoms with van der Waals surface area (Å²) >= 11 is 0. The molecule has 0 saturated carbocycles. The number of aromatic nitrogens is 1. The van der Waals surface area contributed by atoms with Crippen molar-refractivity contribution in [1.82, 2.24) is 4.98 Å². The third kappa shape index (κ3) is 2.01. The molecule has 1 aromatic carbocycles. The number of hydrogen-bond donors (Lipinski definition) is 0. The SMILES string of the molecule is CCc1ccc(-c2ncccc2C=O)cc1. The first kappa shape index (κ1) is 10.6. The van der Waals surface area contributed by atoms with Crippen LogP contribution in [0.15, 0.2) is 42.6 Å². The number of aryl methyl sites for hydroxylation is 1. The fourth-order valence-corrected chi connectivity index (χ4v) is 1.65. The summed E-state index contributed by atoms with van der Waals surface area (Å²) in [4.78, 5) is 15.1. The smallest absolute Gasteiger partial charge is 0.152 e. The minimum absolute atomic E-state index is 0.631. The Hall–Kier alpha value is -1.96. The number of hydrogen-bond acceptors (Lipinski definition) is 2. The Bertz CT molecular complexity index is 488. The zero-order chi connectivity index (χ0) is 11.4. The van der Waals surface area contributed by atoms with Crippen LogP contribution in [0.1, 0.15) is 22.8 Å². The Labute approximate surface area is 95.0 Å². The van der Waals surface area contributed by atoms with Crippen molar-refractivity contribution < 1.29 is 4.79 Å². The van der Waals surface area contributed by atoms with Crippen molar-refractivity contribution in [2.75, 3.05) is 0 Å². The summed E-state index contributed by atoms with van der Waals surface area (Å²) in [5.41, 5.74) is 3.65. The zero-order valence-corrected chi connectivity index (χ0v) is 9.18. The minimum Gasteiger partial charge on any atom is -0.298 e. The van der Waals surface area contributed by atoms with Crippen molar-refractivity contribution in [3.05, 3.63) is 53.7 Å². The predicted molar refractivity (Wildman–Crippen MR) is 64.4 cm³/mol. The summed E-state index contributed by atoms with van der Waals surface area (Å²) in [7, 11) is 0. The van der Waals surface area contributed by atoms with Crippen molar-refractivity contribution in [1.29, 1.82) is 0 Å². The number of carbonyl (C=O) groups is 1. The molecule has 2 rings (SSSR count). The van der Waals surface area contributed by atoms with Crippen LogP contribution in [-0.2, 0) is 6.42 Å². The molecule has 2 aromatic rings. The Morgan fingerprint density at radius 1 is 1.19 bits per heavy atom. The molecule has 2 nitrogen and oxygen atoms in total. The van der Waals surface area contributed by atoms with Gasteiger partial charge in [-0.1, -0.05) is 31.2 Å². The number of benzene rings is 1. The molecule has 0 N–H and O–H groups in total. The van der Waals surface area contributed by atoms with E-state index < -0.39 is 0 Å². The summed E-state index contributed by atoms with van der Waals surface area (Å²) in [6.07, 6.45) is 3.56. The molecule has 2 heteroatoms. The Morgan fingerprint density at radius 3 is 2.56 bits per heavy atom. The molecule has 80 valence electrons. The Morgan fingerprint density at radius 2 is 1.94 bits per heavy atom. The van der Waals surface area contributed by atoms with Crippen LogP contribution in [0.5, 0.6) is 0 Å². The molecular weight excluding hydrogens is 198 g/mol. The van der Waals surface area contributed by atoms with Crippen LogP contribution < -0.4 is 0 Å². The molecule has 0 fully saturated rings. The zero-order valence-electron chi connectivity index (χ0n) is 9.18. The van der Waals surface area contributed by atoms with E-state index in [9.17, 15) is 4.79 Å². The molecule has 0 spiro atoms. The Kier molecular flexibility index (Phi) is 3.10. The van der Waals surface area contributed by atoms with Gasteiger partial charge in [0.15, 0.2) is 6.29 Å². The lowest BCUT2D eigenvalue weighted by molar-refractivity contribution is 0.112. The van der Waals surface area contributed by atoms with E-state index in [0.29, 0.717) is 5.56 Å². The molecule has 0 bridgehead atoms. The predicted octanol–water partition coefficient (Wildman–Crippen LogP) is 3.12. The second-order valence-corrected chi connectivity index (χ2v) is 3.61. The topological polar surface area (TPSA) is 30.0 Å². The second kappa shape index (κ2) is 4.71. The molecule has 1 heterocycles. The lowest BCUT2D eigenvalue weighted by Crippen LogP contribution is -1.91. The van der Waals surface area contributed by atoms with Crippen LogP contribution >= 0.6 is 0 Å². The normalized spacial score (nSPS) is 10.1. The molecule has 0 aliphatic heterocycles. The highest BCUT2D eigenvalue weighted by molar-refractivity contribution is 5.85. The first-order valence-electron chi connectivity index (χ1n) is 5.34. The highest BCUT2D eigenvalue weighted by atomic mass is 16.1. The van der Waals surface area contributed by atoms with Crippen LogP contribution in [0.2, 0.25) is 0 Å². The van der Waals surface area contributed by atoms with Crippen molar-refractivity contribution in [3.8, 4) is 11.3 Å². The molecular formula is C14H13NO. The van der Waals surface area contributed by atoms with Crippen LogP contribution in [0.3, 0.4) is 0 Å². The first-order valence-corrected chi connectivity index (χ1v) is 5.34. The summed E-state index contributed by atoms with van der Waals surface area (Å²) in [5.74, 6) is 0. The van der Waals surface area contributed by atoms with Gasteiger partial charge in [0.25, 0.3) is 0 Å². The van der Waals surface area contributed by atoms with Gasteiger partial charge in [-0.2, -0.15) is 0 Å². The maximum Gasteiger partial charge on any atom is 0.152 e. The van der Waals surface area contributed by atoms with E-state index in [4.69, 9.17) is 0 Å². The molecule has 16 heavy (non-hydrogen) atoms. The fourth-order valence-electron chi connectivity index (χ4n) is 1.65. The van der Waals surface area contributed by atoms with Gasteiger partial charge in [-0.3, -0.25) is 9.78 Å². The number of pyridine rings is 1. The number of aldehydes is 1. The molecule has 0 unspecified atom stereocenters. The molecule has 1 aromatic heterocycles. The highest BCUT2D eigenvalue weighted by Crippen LogP contribution is 2.20. The van der Waals surface area contributed by atoms with E-state index in [1.165, 1.54) is 5.56 Å². The maximum atomic E-state index is 10.9. The van der Waals surface area contributed by atoms with E-state index >= 15 is 0 Å². The van der Waals surface area contributed by atoms with Gasteiger partial charge in [0, 0.05) is 17.3 Å². The van der Waals surface area contributed by atoms with Crippen LogP contribution in [0, 0.1) is 0 Å². The van der Waals surface area contributed by atoms with Gasteiger partial charge in [0.05, 0.1) is 5.69 Å². The average Bonchev–Trinajstić information content (AvgIpc) is 2.39. The lowest BCUT2D eigenvalue weighted by Gasteiger charge is -2.04. The quantitative estimate of drug-likeness (QED) is 0.730. The third-order valence-corrected chi connectivity index (χ3v) is 2.60. The molecule has 0 aliphatic rings. The van der Waals surface area contributed by atoms with E-state index in [1.54, 1.807) is 18.3 Å². The molecule has 0 radical (unpaired) electrons. The molecule has 0 saturated heterocycles. The second-order valence-electron chi connectivity index (χ2n) is 3.61. The van der Waals surface area contributed by atoms with E-state index in [0.717, 1.165) is 24.0 Å². The lowest BCUT2D eigenvalue weighted by atomic mass is 10.0. The van der Waals surface area contributed by atoms with Gasteiger partial charge in [-0.05, 0) is 24.1 Å². The third-order valence-electron chi connectivity index (χ3n) is 2.60. The van der Waals surface area contributed by atoms with Gasteiger partial charge < -0.3 is 0 Å². The van der Waals surface area contributed by atoms with Gasteiger partial charge >= 0.3 is 0 Å². The van der Waals surface area contributed by atoms with E-state index in [2.05, 4.69) is 24.0 Å². The minimum atomic E-state index is 0.631. The summed E-state index contributed by atoms with van der Waals surface area (Å²) in [6.45, 7) is 2.12. The number of nitrogens with zero attached hydrogens (tertiary/aromatic N) is 1. The van der Waals surface area contributed by atoms with Gasteiger partial charge in [-0.15, -0.1) is 0 Å². The fraction of sp³-hybridized carbons (Fsp3) is 0.143. The van der Waals surface area contributed by atoms with Crippen molar-refractivity contribution in [2.45, 2.75) is 13.3 Å². The monoisotopic (exact) mass is 211 g/mol. The summed E-state index contributed by atoms with van der Waals surface area (Å²) in [5, 5.41) is 0. The van der Waals surface area contributed by atoms with Crippen LogP contribution in [-0.4, -0.2) is 11.3 Å². The van der Waals surface area contributed by atoms with E-state index in [-0.39, 0.29) is 0 Å². The highest BCUT2D eigenvalue weighted by Gasteiger charge is 2.04. The molecule has 0 atom stereocenters. The van der Waals surface area contributed by atoms with Crippen LogP contribution in [0.25, 0.3) is 11.3 Å². The van der Waals surface area contributed by atoms with Crippen molar-refractivity contribution in [2.24, 2.45) is 0 Å². The van der Waals surface area contributed by atoms with Crippen molar-refractivity contribution >= 4 is 6.29 Å². The van der Waals surface area contributed by atoms with Gasteiger partial charge in [0.1, 0.15) is 0 Å². The number of rotatable bonds is 3. The first-order chi connectivity index (χ1) is 7.85.